The molecule has 0 amide bonds. The molecular weight excluding hydrogens is 178 g/mol. The summed E-state index contributed by atoms with van der Waals surface area (Å²) in [6.45, 7) is 1.51. The SMILES string of the molecule is CC(=O)c1cc(C2CCCCC2)no1. The van der Waals surface area contributed by atoms with Gasteiger partial charge in [0.05, 0.1) is 5.69 Å². The van der Waals surface area contributed by atoms with Crippen LogP contribution in [-0.2, 0) is 0 Å². The third kappa shape index (κ3) is 1.86. The van der Waals surface area contributed by atoms with Crippen LogP contribution in [0.4, 0.5) is 0 Å². The summed E-state index contributed by atoms with van der Waals surface area (Å²) in [5.41, 5.74) is 0.968. The third-order valence-corrected chi connectivity index (χ3v) is 2.90. The lowest BCUT2D eigenvalue weighted by Crippen LogP contribution is -2.04. The molecule has 1 aromatic heterocycles. The Morgan fingerprint density at radius 2 is 2.14 bits per heavy atom. The molecule has 0 atom stereocenters. The summed E-state index contributed by atoms with van der Waals surface area (Å²) in [4.78, 5) is 11.0. The zero-order valence-corrected chi connectivity index (χ0v) is 8.45. The Bertz CT molecular complexity index is 324. The highest BCUT2D eigenvalue weighted by Gasteiger charge is 2.20. The molecule has 3 heteroatoms. The number of hydrogen-bond acceptors (Lipinski definition) is 3. The zero-order chi connectivity index (χ0) is 9.97. The second-order valence-corrected chi connectivity index (χ2v) is 4.01. The number of rotatable bonds is 2. The Morgan fingerprint density at radius 3 is 2.71 bits per heavy atom. The van der Waals surface area contributed by atoms with Crippen LogP contribution in [-0.4, -0.2) is 10.9 Å². The van der Waals surface area contributed by atoms with Crippen LogP contribution in [0.15, 0.2) is 10.6 Å². The first-order valence-electron chi connectivity index (χ1n) is 5.25. The maximum absolute atomic E-state index is 11.0. The van der Waals surface area contributed by atoms with E-state index in [2.05, 4.69) is 5.16 Å². The molecule has 0 radical (unpaired) electrons. The zero-order valence-electron chi connectivity index (χ0n) is 8.45. The molecule has 1 heterocycles. The molecule has 0 aromatic carbocycles. The van der Waals surface area contributed by atoms with Gasteiger partial charge in [-0.15, -0.1) is 0 Å². The predicted octanol–water partition coefficient (Wildman–Crippen LogP) is 2.92. The Hall–Kier alpha value is -1.12. The standard InChI is InChI=1S/C11H15NO2/c1-8(13)11-7-10(12-14-11)9-5-3-2-4-6-9/h7,9H,2-6H2,1H3. The topological polar surface area (TPSA) is 43.1 Å². The first kappa shape index (κ1) is 9.44. The normalized spacial score (nSPS) is 18.4. The fraction of sp³-hybridized carbons (Fsp3) is 0.636. The highest BCUT2D eigenvalue weighted by atomic mass is 16.5. The predicted molar refractivity (Wildman–Crippen MR) is 52.3 cm³/mol. The summed E-state index contributed by atoms with van der Waals surface area (Å²) >= 11 is 0. The highest BCUT2D eigenvalue weighted by Crippen LogP contribution is 2.32. The lowest BCUT2D eigenvalue weighted by Gasteiger charge is -2.18. The molecule has 0 bridgehead atoms. The van der Waals surface area contributed by atoms with Crippen molar-refractivity contribution in [3.05, 3.63) is 17.5 Å². The van der Waals surface area contributed by atoms with E-state index in [0.717, 1.165) is 5.69 Å². The lowest BCUT2D eigenvalue weighted by molar-refractivity contribution is 0.0978. The van der Waals surface area contributed by atoms with E-state index in [1.54, 1.807) is 6.07 Å². The van der Waals surface area contributed by atoms with Gasteiger partial charge in [0.2, 0.25) is 5.76 Å². The third-order valence-electron chi connectivity index (χ3n) is 2.90. The lowest BCUT2D eigenvalue weighted by atomic mass is 9.87. The molecule has 2 rings (SSSR count). The van der Waals surface area contributed by atoms with Crippen LogP contribution in [0.1, 0.15) is 61.2 Å². The molecule has 0 spiro atoms. The molecule has 0 aliphatic heterocycles. The van der Waals surface area contributed by atoms with Crippen molar-refractivity contribution in [2.24, 2.45) is 0 Å². The van der Waals surface area contributed by atoms with Crippen LogP contribution in [0.3, 0.4) is 0 Å². The Morgan fingerprint density at radius 1 is 1.43 bits per heavy atom. The molecule has 1 aromatic rings. The van der Waals surface area contributed by atoms with Gasteiger partial charge < -0.3 is 4.52 Å². The quantitative estimate of drug-likeness (QED) is 0.678. The molecule has 0 saturated heterocycles. The van der Waals surface area contributed by atoms with E-state index in [1.165, 1.54) is 39.0 Å². The Kier molecular flexibility index (Phi) is 2.66. The number of carbonyl (C=O) groups excluding carboxylic acids is 1. The van der Waals surface area contributed by atoms with Crippen LogP contribution in [0.25, 0.3) is 0 Å². The highest BCUT2D eigenvalue weighted by molar-refractivity contribution is 5.91. The molecule has 0 unspecified atom stereocenters. The molecular formula is C11H15NO2. The van der Waals surface area contributed by atoms with Crippen molar-refractivity contribution in [3.63, 3.8) is 0 Å². The second kappa shape index (κ2) is 3.95. The molecule has 1 fully saturated rings. The summed E-state index contributed by atoms with van der Waals surface area (Å²) in [5, 5.41) is 3.97. The second-order valence-electron chi connectivity index (χ2n) is 4.01. The number of aromatic nitrogens is 1. The molecule has 14 heavy (non-hydrogen) atoms. The molecule has 76 valence electrons. The minimum absolute atomic E-state index is 0.0421. The van der Waals surface area contributed by atoms with E-state index in [9.17, 15) is 4.79 Å². The average molecular weight is 193 g/mol. The maximum Gasteiger partial charge on any atom is 0.202 e. The van der Waals surface area contributed by atoms with Crippen molar-refractivity contribution in [1.82, 2.24) is 5.16 Å². The van der Waals surface area contributed by atoms with E-state index in [4.69, 9.17) is 4.52 Å². The van der Waals surface area contributed by atoms with Crippen LogP contribution < -0.4 is 0 Å². The van der Waals surface area contributed by atoms with Gasteiger partial charge in [0.25, 0.3) is 0 Å². The number of hydrogen-bond donors (Lipinski definition) is 0. The van der Waals surface area contributed by atoms with Crippen molar-refractivity contribution < 1.29 is 9.32 Å². The fourth-order valence-corrected chi connectivity index (χ4v) is 2.05. The van der Waals surface area contributed by atoms with Crippen molar-refractivity contribution in [3.8, 4) is 0 Å². The molecule has 1 saturated carbocycles. The van der Waals surface area contributed by atoms with Gasteiger partial charge in [0, 0.05) is 18.9 Å². The molecule has 3 nitrogen and oxygen atoms in total. The first-order chi connectivity index (χ1) is 6.77. The Balaban J connectivity index is 2.11. The van der Waals surface area contributed by atoms with Crippen LogP contribution in [0, 0.1) is 0 Å². The summed E-state index contributed by atoms with van der Waals surface area (Å²) in [7, 11) is 0. The van der Waals surface area contributed by atoms with Crippen LogP contribution in [0.5, 0.6) is 0 Å². The summed E-state index contributed by atoms with van der Waals surface area (Å²) in [6.07, 6.45) is 6.24. The summed E-state index contributed by atoms with van der Waals surface area (Å²) < 4.78 is 4.98. The fourth-order valence-electron chi connectivity index (χ4n) is 2.05. The minimum atomic E-state index is -0.0421. The van der Waals surface area contributed by atoms with Gasteiger partial charge in [0.1, 0.15) is 0 Å². The van der Waals surface area contributed by atoms with Crippen molar-refractivity contribution in [1.29, 1.82) is 0 Å². The van der Waals surface area contributed by atoms with E-state index >= 15 is 0 Å². The minimum Gasteiger partial charge on any atom is -0.353 e. The molecule has 0 N–H and O–H groups in total. The van der Waals surface area contributed by atoms with E-state index in [1.807, 2.05) is 0 Å². The number of carbonyl (C=O) groups is 1. The van der Waals surface area contributed by atoms with Crippen molar-refractivity contribution >= 4 is 5.78 Å². The van der Waals surface area contributed by atoms with Crippen LogP contribution >= 0.6 is 0 Å². The van der Waals surface area contributed by atoms with Gasteiger partial charge in [-0.3, -0.25) is 4.79 Å². The van der Waals surface area contributed by atoms with Gasteiger partial charge in [-0.05, 0) is 12.8 Å². The number of Topliss-reactive ketones (excluding diaryl/α,β-unsaturated/α-hetero) is 1. The largest absolute Gasteiger partial charge is 0.353 e. The van der Waals surface area contributed by atoms with E-state index in [-0.39, 0.29) is 5.78 Å². The van der Waals surface area contributed by atoms with Gasteiger partial charge in [-0.25, -0.2) is 0 Å². The van der Waals surface area contributed by atoms with Gasteiger partial charge in [-0.1, -0.05) is 24.4 Å². The summed E-state index contributed by atoms with van der Waals surface area (Å²) in [6, 6.07) is 1.80. The maximum atomic E-state index is 11.0. The molecule has 1 aliphatic rings. The number of ketones is 1. The monoisotopic (exact) mass is 193 g/mol. The number of nitrogens with zero attached hydrogens (tertiary/aromatic N) is 1. The molecule has 1 aliphatic carbocycles. The van der Waals surface area contributed by atoms with Crippen molar-refractivity contribution in [2.75, 3.05) is 0 Å². The smallest absolute Gasteiger partial charge is 0.202 e. The van der Waals surface area contributed by atoms with Gasteiger partial charge in [-0.2, -0.15) is 0 Å². The van der Waals surface area contributed by atoms with Crippen molar-refractivity contribution in [2.45, 2.75) is 44.9 Å². The van der Waals surface area contributed by atoms with Crippen LogP contribution in [0.2, 0.25) is 0 Å². The van der Waals surface area contributed by atoms with Gasteiger partial charge in [0.15, 0.2) is 5.78 Å². The first-order valence-corrected chi connectivity index (χ1v) is 5.25. The average Bonchev–Trinajstić information content (AvgIpc) is 2.68. The van der Waals surface area contributed by atoms with E-state index < -0.39 is 0 Å². The van der Waals surface area contributed by atoms with Gasteiger partial charge >= 0.3 is 0 Å². The summed E-state index contributed by atoms with van der Waals surface area (Å²) in [5.74, 6) is 0.866. The van der Waals surface area contributed by atoms with E-state index in [0.29, 0.717) is 11.7 Å². The Labute approximate surface area is 83.5 Å².